The maximum absolute atomic E-state index is 13.2. The van der Waals surface area contributed by atoms with E-state index in [2.05, 4.69) is 15.6 Å². The first-order chi connectivity index (χ1) is 20.7. The van der Waals surface area contributed by atoms with Crippen LogP contribution >= 0.6 is 24.0 Å². The van der Waals surface area contributed by atoms with E-state index in [1.165, 1.54) is 30.5 Å². The Labute approximate surface area is 264 Å². The second kappa shape index (κ2) is 14.2. The van der Waals surface area contributed by atoms with Crippen molar-refractivity contribution in [1.82, 2.24) is 19.4 Å². The van der Waals surface area contributed by atoms with Crippen molar-refractivity contribution < 1.29 is 19.5 Å². The predicted molar refractivity (Wildman–Crippen MR) is 171 cm³/mol. The van der Waals surface area contributed by atoms with Gasteiger partial charge in [0.2, 0.25) is 5.91 Å². The normalized spacial score (nSPS) is 13.2. The molecule has 1 aliphatic rings. The quantitative estimate of drug-likeness (QED) is 0.249. The fraction of sp³-hybridized carbons (Fsp3) is 0.194. The monoisotopic (exact) mass is 636 g/mol. The Morgan fingerprint density at radius 1 is 0.932 bits per heavy atom. The molecule has 0 aliphatic carbocycles. The molecule has 0 bridgehead atoms. The molecule has 44 heavy (non-hydrogen) atoms. The number of phenolic OH excluding ortho intramolecular Hbond substituents is 1. The molecule has 11 nitrogen and oxygen atoms in total. The standard InChI is InChI=1S/C31H29ClN6O5.ClH/c1-36-14-15-37(19-27(36)40)16-17-38-13-3-5-23(31(38)43)20-7-9-21(10-8-20)29(41)35-28-24(4-2-6-25(28)39)30(42)34-26-12-11-22(32)18-33-26;/h2-13,18,39H,14-17,19H2,1H3,(H,35,41)(H,33,34,42);1H. The van der Waals surface area contributed by atoms with Crippen molar-refractivity contribution in [2.45, 2.75) is 6.54 Å². The van der Waals surface area contributed by atoms with E-state index in [1.54, 1.807) is 65.2 Å². The number of phenols is 1. The first kappa shape index (κ1) is 32.2. The summed E-state index contributed by atoms with van der Waals surface area (Å²) in [5.74, 6) is -1.11. The molecule has 3 amide bonds. The van der Waals surface area contributed by atoms with Gasteiger partial charge in [-0.1, -0.05) is 29.8 Å². The van der Waals surface area contributed by atoms with Crippen LogP contribution in [-0.2, 0) is 11.3 Å². The van der Waals surface area contributed by atoms with Crippen LogP contribution in [-0.4, -0.2) is 75.4 Å². The summed E-state index contributed by atoms with van der Waals surface area (Å²) in [4.78, 5) is 59.0. The minimum atomic E-state index is -0.587. The maximum atomic E-state index is 13.2. The molecule has 2 aromatic carbocycles. The minimum Gasteiger partial charge on any atom is -0.506 e. The summed E-state index contributed by atoms with van der Waals surface area (Å²) in [6.45, 7) is 2.76. The van der Waals surface area contributed by atoms with Crippen LogP contribution in [0.25, 0.3) is 11.1 Å². The number of benzene rings is 2. The van der Waals surface area contributed by atoms with E-state index in [9.17, 15) is 24.3 Å². The van der Waals surface area contributed by atoms with Crippen LogP contribution < -0.4 is 16.2 Å². The Hall–Kier alpha value is -4.71. The average Bonchev–Trinajstić information content (AvgIpc) is 3.00. The highest BCUT2D eigenvalue weighted by Crippen LogP contribution is 2.29. The first-order valence-corrected chi connectivity index (χ1v) is 13.9. The van der Waals surface area contributed by atoms with Gasteiger partial charge >= 0.3 is 0 Å². The van der Waals surface area contributed by atoms with Crippen molar-refractivity contribution in [1.29, 1.82) is 0 Å². The molecule has 0 unspecified atom stereocenters. The number of carbonyl (C=O) groups excluding carboxylic acids is 3. The van der Waals surface area contributed by atoms with Gasteiger partial charge in [0.05, 0.1) is 22.8 Å². The first-order valence-electron chi connectivity index (χ1n) is 13.5. The molecule has 5 rings (SSSR count). The molecule has 13 heteroatoms. The number of amides is 3. The van der Waals surface area contributed by atoms with Crippen molar-refractivity contribution in [2.24, 2.45) is 0 Å². The van der Waals surface area contributed by atoms with Gasteiger partial charge < -0.3 is 25.2 Å². The summed E-state index contributed by atoms with van der Waals surface area (Å²) in [5, 5.41) is 16.1. The van der Waals surface area contributed by atoms with E-state index in [4.69, 9.17) is 11.6 Å². The molecule has 1 fully saturated rings. The van der Waals surface area contributed by atoms with E-state index < -0.39 is 11.8 Å². The molecular formula is C31H30Cl2N6O5. The Bertz CT molecular complexity index is 1730. The molecule has 2 aromatic heterocycles. The average molecular weight is 638 g/mol. The summed E-state index contributed by atoms with van der Waals surface area (Å²) < 4.78 is 1.61. The minimum absolute atomic E-state index is 0. The van der Waals surface area contributed by atoms with Gasteiger partial charge in [-0.15, -0.1) is 12.4 Å². The van der Waals surface area contributed by atoms with Crippen LogP contribution in [0.2, 0.25) is 5.02 Å². The van der Waals surface area contributed by atoms with Gasteiger partial charge in [0.25, 0.3) is 17.4 Å². The Morgan fingerprint density at radius 3 is 2.41 bits per heavy atom. The summed E-state index contributed by atoms with van der Waals surface area (Å²) in [6.07, 6.45) is 3.10. The number of anilines is 2. The van der Waals surface area contributed by atoms with E-state index in [-0.39, 0.29) is 52.3 Å². The molecule has 4 aromatic rings. The fourth-order valence-corrected chi connectivity index (χ4v) is 4.77. The maximum Gasteiger partial charge on any atom is 0.259 e. The van der Waals surface area contributed by atoms with Crippen LogP contribution in [0.1, 0.15) is 20.7 Å². The molecule has 228 valence electrons. The number of halogens is 2. The number of likely N-dealkylation sites (N-methyl/N-ethyl adjacent to an activating group) is 1. The molecule has 0 atom stereocenters. The van der Waals surface area contributed by atoms with E-state index in [0.717, 1.165) is 6.54 Å². The summed E-state index contributed by atoms with van der Waals surface area (Å²) in [7, 11) is 1.78. The Morgan fingerprint density at radius 2 is 1.70 bits per heavy atom. The van der Waals surface area contributed by atoms with Crippen molar-refractivity contribution in [3.63, 3.8) is 0 Å². The lowest BCUT2D eigenvalue weighted by Crippen LogP contribution is -2.49. The van der Waals surface area contributed by atoms with Gasteiger partial charge in [-0.3, -0.25) is 24.1 Å². The predicted octanol–water partition coefficient (Wildman–Crippen LogP) is 3.97. The van der Waals surface area contributed by atoms with Gasteiger partial charge in [-0.2, -0.15) is 0 Å². The highest BCUT2D eigenvalue weighted by atomic mass is 35.5. The van der Waals surface area contributed by atoms with Gasteiger partial charge in [-0.05, 0) is 54.1 Å². The number of nitrogens with one attached hydrogen (secondary N) is 2. The number of aromatic hydroxyl groups is 1. The Balaban J connectivity index is 0.00000442. The number of aromatic nitrogens is 2. The van der Waals surface area contributed by atoms with Crippen LogP contribution in [0.5, 0.6) is 5.75 Å². The SMILES string of the molecule is CN1CCN(CCn2cccc(-c3ccc(C(=O)Nc4c(O)cccc4C(=O)Nc4ccc(Cl)cn4)cc3)c2=O)CC1=O.Cl. The molecule has 3 heterocycles. The van der Waals surface area contributed by atoms with Crippen molar-refractivity contribution >= 4 is 53.2 Å². The van der Waals surface area contributed by atoms with E-state index in [0.29, 0.717) is 42.3 Å². The van der Waals surface area contributed by atoms with Crippen molar-refractivity contribution in [3.05, 3.63) is 106 Å². The lowest BCUT2D eigenvalue weighted by Gasteiger charge is -2.31. The molecular weight excluding hydrogens is 607 g/mol. The largest absolute Gasteiger partial charge is 0.506 e. The third-order valence-electron chi connectivity index (χ3n) is 7.17. The number of hydrogen-bond acceptors (Lipinski definition) is 7. The molecule has 1 aliphatic heterocycles. The smallest absolute Gasteiger partial charge is 0.259 e. The second-order valence-corrected chi connectivity index (χ2v) is 10.5. The highest BCUT2D eigenvalue weighted by molar-refractivity contribution is 6.30. The van der Waals surface area contributed by atoms with Crippen LogP contribution in [0.4, 0.5) is 11.5 Å². The molecule has 1 saturated heterocycles. The summed E-state index contributed by atoms with van der Waals surface area (Å²) in [5.41, 5.74) is 1.15. The van der Waals surface area contributed by atoms with Crippen LogP contribution in [0.3, 0.4) is 0 Å². The zero-order valence-corrected chi connectivity index (χ0v) is 25.3. The van der Waals surface area contributed by atoms with E-state index >= 15 is 0 Å². The Kier molecular flexibility index (Phi) is 10.4. The lowest BCUT2D eigenvalue weighted by molar-refractivity contribution is -0.134. The number of pyridine rings is 2. The van der Waals surface area contributed by atoms with E-state index in [1.807, 2.05) is 4.90 Å². The van der Waals surface area contributed by atoms with Crippen molar-refractivity contribution in [2.75, 3.05) is 43.9 Å². The molecule has 0 spiro atoms. The zero-order valence-electron chi connectivity index (χ0n) is 23.7. The molecule has 3 N–H and O–H groups in total. The zero-order chi connectivity index (χ0) is 30.5. The van der Waals surface area contributed by atoms with Crippen LogP contribution in [0, 0.1) is 0 Å². The second-order valence-electron chi connectivity index (χ2n) is 10.1. The summed E-state index contributed by atoms with van der Waals surface area (Å²) in [6, 6.07) is 17.4. The number of nitrogens with zero attached hydrogens (tertiary/aromatic N) is 4. The van der Waals surface area contributed by atoms with Crippen LogP contribution in [0.15, 0.2) is 83.9 Å². The van der Waals surface area contributed by atoms with Crippen molar-refractivity contribution in [3.8, 4) is 16.9 Å². The number of para-hydroxylation sites is 1. The topological polar surface area (TPSA) is 137 Å². The van der Waals surface area contributed by atoms with Gasteiger partial charge in [0.15, 0.2) is 0 Å². The third-order valence-corrected chi connectivity index (χ3v) is 7.39. The number of carbonyl (C=O) groups is 3. The highest BCUT2D eigenvalue weighted by Gasteiger charge is 2.21. The van der Waals surface area contributed by atoms with Gasteiger partial charge in [-0.25, -0.2) is 4.98 Å². The number of hydrogen-bond donors (Lipinski definition) is 3. The summed E-state index contributed by atoms with van der Waals surface area (Å²) >= 11 is 5.85. The fourth-order valence-electron chi connectivity index (χ4n) is 4.66. The number of piperazine rings is 1. The van der Waals surface area contributed by atoms with Gasteiger partial charge in [0, 0.05) is 56.7 Å². The number of rotatable bonds is 8. The lowest BCUT2D eigenvalue weighted by atomic mass is 10.0. The molecule has 0 radical (unpaired) electrons. The molecule has 0 saturated carbocycles. The third kappa shape index (κ3) is 7.43. The van der Waals surface area contributed by atoms with Gasteiger partial charge in [0.1, 0.15) is 11.6 Å².